The van der Waals surface area contributed by atoms with Crippen LogP contribution in [0.4, 0.5) is 35.1 Å². The molecule has 1 aliphatic rings. The molecule has 10 nitrogen and oxygen atoms in total. The van der Waals surface area contributed by atoms with Crippen molar-refractivity contribution in [2.45, 2.75) is 75.1 Å². The summed E-state index contributed by atoms with van der Waals surface area (Å²) in [5.74, 6) is -6.63. The van der Waals surface area contributed by atoms with E-state index in [1.54, 1.807) is 0 Å². The van der Waals surface area contributed by atoms with E-state index in [0.717, 1.165) is 11.8 Å². The van der Waals surface area contributed by atoms with E-state index in [1.165, 1.54) is 18.6 Å². The number of carbonyl (C=O) groups is 1. The average Bonchev–Trinajstić information content (AvgIpc) is 3.58. The van der Waals surface area contributed by atoms with Crippen molar-refractivity contribution in [3.05, 3.63) is 35.1 Å². The van der Waals surface area contributed by atoms with E-state index < -0.39 is 117 Å². The van der Waals surface area contributed by atoms with Crippen LogP contribution in [-0.4, -0.2) is 70.7 Å². The summed E-state index contributed by atoms with van der Waals surface area (Å²) in [5, 5.41) is 17.2. The third-order valence-corrected chi connectivity index (χ3v) is 9.34. The van der Waals surface area contributed by atoms with Crippen LogP contribution in [0.1, 0.15) is 68.4 Å². The predicted molar refractivity (Wildman–Crippen MR) is 142 cm³/mol. The second-order valence-electron chi connectivity index (χ2n) is 10.6. The zero-order valence-corrected chi connectivity index (χ0v) is 25.2. The number of aliphatic hydroxyl groups is 1. The number of halogens is 8. The van der Waals surface area contributed by atoms with Crippen molar-refractivity contribution in [1.82, 2.24) is 24.8 Å². The zero-order chi connectivity index (χ0) is 33.7. The van der Waals surface area contributed by atoms with Gasteiger partial charge in [-0.15, -0.1) is 21.5 Å². The van der Waals surface area contributed by atoms with Gasteiger partial charge in [0.25, 0.3) is 24.1 Å². The van der Waals surface area contributed by atoms with Crippen molar-refractivity contribution < 1.29 is 57.9 Å². The van der Waals surface area contributed by atoms with E-state index in [4.69, 9.17) is 4.42 Å². The molecule has 20 heteroatoms. The number of hydrogen-bond acceptors (Lipinski definition) is 9. The van der Waals surface area contributed by atoms with Gasteiger partial charge in [0, 0.05) is 31.5 Å². The van der Waals surface area contributed by atoms with Crippen LogP contribution in [0, 0.1) is 5.82 Å². The Morgan fingerprint density at radius 3 is 2.31 bits per heavy atom. The number of benzene rings is 1. The summed E-state index contributed by atoms with van der Waals surface area (Å²) >= 11 is 0.464. The maximum atomic E-state index is 15.9. The number of piperidine rings is 1. The molecule has 0 radical (unpaired) electrons. The number of sulfonamides is 1. The summed E-state index contributed by atoms with van der Waals surface area (Å²) < 4.78 is 144. The molecule has 0 bridgehead atoms. The van der Waals surface area contributed by atoms with E-state index in [2.05, 4.69) is 15.2 Å². The Hall–Kier alpha value is -3.23. The second-order valence-corrected chi connectivity index (χ2v) is 13.3. The molecule has 2 N–H and O–H groups in total. The van der Waals surface area contributed by atoms with Crippen LogP contribution in [0.15, 0.2) is 21.4 Å². The standard InChI is InChI=1S/C25H25F8N5O5S2/c1-4-13(25(31,32)33)37-45(41,42)12-6-5-11(15(26)14(12)18(27)28)17-16(21(39)38-9-7-24(29,30)8-10-38)34-20(44-17)19-35-36-22(43-19)23(2,3)40/h5-6,13,18,37,40H,4,7-10H2,1-3H3/t13-/m0/s1. The maximum Gasteiger partial charge on any atom is 0.404 e. The Morgan fingerprint density at radius 1 is 1.18 bits per heavy atom. The molecule has 0 saturated carbocycles. The molecule has 1 aromatic carbocycles. The van der Waals surface area contributed by atoms with Gasteiger partial charge in [-0.2, -0.15) is 17.9 Å². The highest BCUT2D eigenvalue weighted by Crippen LogP contribution is 2.42. The lowest BCUT2D eigenvalue weighted by atomic mass is 10.0. The molecular weight excluding hydrogens is 666 g/mol. The van der Waals surface area contributed by atoms with E-state index >= 15 is 4.39 Å². The van der Waals surface area contributed by atoms with Crippen LogP contribution in [-0.2, 0) is 15.6 Å². The van der Waals surface area contributed by atoms with Gasteiger partial charge < -0.3 is 14.4 Å². The largest absolute Gasteiger partial charge is 0.415 e. The molecule has 1 aliphatic heterocycles. The number of alkyl halides is 7. The van der Waals surface area contributed by atoms with Gasteiger partial charge in [0.1, 0.15) is 23.2 Å². The van der Waals surface area contributed by atoms with Crippen molar-refractivity contribution in [3.63, 3.8) is 0 Å². The number of hydrogen-bond donors (Lipinski definition) is 2. The minimum atomic E-state index is -5.36. The molecule has 0 aliphatic carbocycles. The van der Waals surface area contributed by atoms with Crippen LogP contribution in [0.2, 0.25) is 0 Å². The molecule has 1 saturated heterocycles. The minimum Gasteiger partial charge on any atom is -0.415 e. The van der Waals surface area contributed by atoms with Gasteiger partial charge in [-0.3, -0.25) is 4.79 Å². The third kappa shape index (κ3) is 7.28. The first-order valence-corrected chi connectivity index (χ1v) is 15.4. The number of aromatic nitrogens is 3. The van der Waals surface area contributed by atoms with Crippen LogP contribution >= 0.6 is 11.3 Å². The normalized spacial score (nSPS) is 16.8. The van der Waals surface area contributed by atoms with E-state index in [1.807, 2.05) is 0 Å². The van der Waals surface area contributed by atoms with Gasteiger partial charge >= 0.3 is 6.18 Å². The number of nitrogens with zero attached hydrogens (tertiary/aromatic N) is 4. The number of thiazole rings is 1. The fraction of sp³-hybridized carbons (Fsp3) is 0.520. The monoisotopic (exact) mass is 691 g/mol. The van der Waals surface area contributed by atoms with Crippen molar-refractivity contribution in [2.75, 3.05) is 13.1 Å². The van der Waals surface area contributed by atoms with Crippen LogP contribution in [0.25, 0.3) is 21.3 Å². The van der Waals surface area contributed by atoms with E-state index in [-0.39, 0.29) is 10.9 Å². The minimum absolute atomic E-state index is 0.272. The molecule has 0 spiro atoms. The molecule has 3 heterocycles. The number of likely N-dealkylation sites (tertiary alicyclic amines) is 1. The van der Waals surface area contributed by atoms with Gasteiger partial charge in [-0.1, -0.05) is 6.92 Å². The van der Waals surface area contributed by atoms with Gasteiger partial charge in [0.15, 0.2) is 5.01 Å². The first kappa shape index (κ1) is 34.6. The van der Waals surface area contributed by atoms with Crippen LogP contribution in [0.5, 0.6) is 0 Å². The molecule has 1 atom stereocenters. The van der Waals surface area contributed by atoms with Gasteiger partial charge in [-0.05, 0) is 32.4 Å². The summed E-state index contributed by atoms with van der Waals surface area (Å²) in [6.07, 6.45) is -11.1. The lowest BCUT2D eigenvalue weighted by Crippen LogP contribution is -2.45. The summed E-state index contributed by atoms with van der Waals surface area (Å²) in [6.45, 7) is 2.74. The number of amides is 1. The fourth-order valence-corrected chi connectivity index (χ4v) is 6.82. The second kappa shape index (κ2) is 12.2. The Labute approximate surface area is 254 Å². The van der Waals surface area contributed by atoms with Crippen molar-refractivity contribution in [1.29, 1.82) is 0 Å². The van der Waals surface area contributed by atoms with Gasteiger partial charge in [-0.25, -0.2) is 35.4 Å². The molecule has 1 fully saturated rings. The number of rotatable bonds is 9. The molecule has 0 unspecified atom stereocenters. The Bertz CT molecular complexity index is 1680. The molecule has 45 heavy (non-hydrogen) atoms. The highest BCUT2D eigenvalue weighted by Gasteiger charge is 2.43. The lowest BCUT2D eigenvalue weighted by Gasteiger charge is -2.31. The Balaban J connectivity index is 1.87. The predicted octanol–water partition coefficient (Wildman–Crippen LogP) is 5.65. The average molecular weight is 692 g/mol. The first-order chi connectivity index (χ1) is 20.7. The SMILES string of the molecule is CC[C@H](NS(=O)(=O)c1ccc(-c2sc(-c3nnc(C(C)(C)O)o3)nc2C(=O)N2CCC(F)(F)CC2)c(F)c1C(F)F)C(F)(F)F. The van der Waals surface area contributed by atoms with Gasteiger partial charge in [0.2, 0.25) is 15.9 Å². The van der Waals surface area contributed by atoms with Crippen molar-refractivity contribution >= 4 is 27.3 Å². The first-order valence-electron chi connectivity index (χ1n) is 13.1. The van der Waals surface area contributed by atoms with Crippen molar-refractivity contribution in [2.24, 2.45) is 0 Å². The highest BCUT2D eigenvalue weighted by molar-refractivity contribution is 7.89. The van der Waals surface area contributed by atoms with E-state index in [0.29, 0.717) is 23.5 Å². The van der Waals surface area contributed by atoms with E-state index in [9.17, 15) is 49.1 Å². The molecule has 248 valence electrons. The van der Waals surface area contributed by atoms with Crippen LogP contribution in [0.3, 0.4) is 0 Å². The maximum absolute atomic E-state index is 15.9. The van der Waals surface area contributed by atoms with Gasteiger partial charge in [0.05, 0.1) is 15.3 Å². The van der Waals surface area contributed by atoms with Crippen molar-refractivity contribution in [3.8, 4) is 21.3 Å². The van der Waals surface area contributed by atoms with Crippen LogP contribution < -0.4 is 4.72 Å². The summed E-state index contributed by atoms with van der Waals surface area (Å²) in [5.41, 5.74) is -4.80. The third-order valence-electron chi connectivity index (χ3n) is 6.74. The fourth-order valence-electron chi connectivity index (χ4n) is 4.30. The summed E-state index contributed by atoms with van der Waals surface area (Å²) in [4.78, 5) is 16.6. The summed E-state index contributed by atoms with van der Waals surface area (Å²) in [7, 11) is -5.36. The topological polar surface area (TPSA) is 139 Å². The number of carbonyl (C=O) groups excluding carboxylic acids is 1. The molecule has 2 aromatic heterocycles. The number of nitrogens with one attached hydrogen (secondary N) is 1. The highest BCUT2D eigenvalue weighted by atomic mass is 32.2. The molecule has 3 aromatic rings. The summed E-state index contributed by atoms with van der Waals surface area (Å²) in [6, 6.07) is -1.54. The molecule has 1 amide bonds. The Morgan fingerprint density at radius 2 is 1.80 bits per heavy atom. The smallest absolute Gasteiger partial charge is 0.404 e. The quantitative estimate of drug-likeness (QED) is 0.275. The molecule has 4 rings (SSSR count). The zero-order valence-electron chi connectivity index (χ0n) is 23.6. The molecular formula is C25H25F8N5O5S2. The lowest BCUT2D eigenvalue weighted by molar-refractivity contribution is -0.151. The Kier molecular flexibility index (Phi) is 9.37.